The van der Waals surface area contributed by atoms with Gasteiger partial charge < -0.3 is 0 Å². The average molecular weight is 281 g/mol. The Balaban J connectivity index is 3.03. The number of hydrogen-bond donors (Lipinski definition) is 0. The van der Waals surface area contributed by atoms with Gasteiger partial charge in [0.1, 0.15) is 6.10 Å². The molecule has 1 aromatic rings. The van der Waals surface area contributed by atoms with Gasteiger partial charge in [0.05, 0.1) is 12.8 Å². The lowest BCUT2D eigenvalue weighted by atomic mass is 10.0. The van der Waals surface area contributed by atoms with E-state index in [2.05, 4.69) is 5.92 Å². The Labute approximate surface area is 115 Å². The van der Waals surface area contributed by atoms with E-state index in [0.29, 0.717) is 6.54 Å². The Hall–Kier alpha value is -1.35. The summed E-state index contributed by atoms with van der Waals surface area (Å²) < 4.78 is 28.1. The molecule has 1 rings (SSSR count). The normalized spacial score (nSPS) is 14.9. The third-order valence-corrected chi connectivity index (χ3v) is 3.44. The van der Waals surface area contributed by atoms with E-state index in [4.69, 9.17) is 10.6 Å². The maximum Gasteiger partial charge on any atom is 0.265 e. The number of hydrogen-bond acceptors (Lipinski definition) is 4. The third kappa shape index (κ3) is 5.03. The minimum absolute atomic E-state index is 0.159. The molecule has 0 aliphatic heterocycles. The minimum Gasteiger partial charge on any atom is -0.290 e. The molecule has 0 N–H and O–H groups in total. The van der Waals surface area contributed by atoms with E-state index in [-0.39, 0.29) is 6.04 Å². The van der Waals surface area contributed by atoms with E-state index < -0.39 is 16.2 Å². The second-order valence-electron chi connectivity index (χ2n) is 4.49. The van der Waals surface area contributed by atoms with Gasteiger partial charge in [-0.15, -0.1) is 6.42 Å². The molecule has 0 radical (unpaired) electrons. The molecule has 0 aromatic heterocycles. The summed E-state index contributed by atoms with van der Waals surface area (Å²) in [6.07, 6.45) is 5.76. The zero-order chi connectivity index (χ0) is 14.5. The SMILES string of the molecule is C#CCN(C)C(C)C(OS(C)(=O)=O)c1ccccc1. The van der Waals surface area contributed by atoms with Crippen LogP contribution in [0.4, 0.5) is 0 Å². The topological polar surface area (TPSA) is 46.6 Å². The van der Waals surface area contributed by atoms with Crippen molar-refractivity contribution in [2.45, 2.75) is 19.1 Å². The van der Waals surface area contributed by atoms with Crippen LogP contribution in [0.1, 0.15) is 18.6 Å². The largest absolute Gasteiger partial charge is 0.290 e. The van der Waals surface area contributed by atoms with E-state index in [0.717, 1.165) is 11.8 Å². The van der Waals surface area contributed by atoms with Crippen LogP contribution in [-0.4, -0.2) is 39.2 Å². The lowest BCUT2D eigenvalue weighted by molar-refractivity contribution is 0.107. The van der Waals surface area contributed by atoms with Crippen LogP contribution in [-0.2, 0) is 14.3 Å². The highest BCUT2D eigenvalue weighted by Crippen LogP contribution is 2.25. The van der Waals surface area contributed by atoms with Gasteiger partial charge >= 0.3 is 0 Å². The standard InChI is InChI=1S/C14H19NO3S/c1-5-11-15(3)12(2)14(18-19(4,16)17)13-9-7-6-8-10-13/h1,6-10,12,14H,11H2,2-4H3. The molecule has 0 amide bonds. The Kier molecular flexibility index (Phi) is 5.55. The first-order chi connectivity index (χ1) is 8.85. The van der Waals surface area contributed by atoms with Crippen molar-refractivity contribution in [1.29, 1.82) is 0 Å². The second kappa shape index (κ2) is 6.71. The van der Waals surface area contributed by atoms with Crippen LogP contribution in [0.15, 0.2) is 30.3 Å². The molecule has 0 fully saturated rings. The molecular formula is C14H19NO3S. The predicted molar refractivity (Wildman–Crippen MR) is 76.0 cm³/mol. The molecule has 0 aliphatic carbocycles. The molecule has 0 heterocycles. The first-order valence-corrected chi connectivity index (χ1v) is 7.73. The van der Waals surface area contributed by atoms with Crippen molar-refractivity contribution in [3.63, 3.8) is 0 Å². The van der Waals surface area contributed by atoms with Gasteiger partial charge in [-0.1, -0.05) is 36.3 Å². The van der Waals surface area contributed by atoms with Crippen LogP contribution >= 0.6 is 0 Å². The van der Waals surface area contributed by atoms with E-state index in [9.17, 15) is 8.42 Å². The van der Waals surface area contributed by atoms with Crippen molar-refractivity contribution >= 4 is 10.1 Å². The third-order valence-electron chi connectivity index (χ3n) is 2.88. The van der Waals surface area contributed by atoms with Gasteiger partial charge in [0.2, 0.25) is 0 Å². The summed E-state index contributed by atoms with van der Waals surface area (Å²) in [6, 6.07) is 9.10. The predicted octanol–water partition coefficient (Wildman–Crippen LogP) is 1.66. The van der Waals surface area contributed by atoms with Crippen molar-refractivity contribution in [2.75, 3.05) is 19.8 Å². The number of benzene rings is 1. The van der Waals surface area contributed by atoms with Crippen LogP contribution in [0.3, 0.4) is 0 Å². The molecule has 0 aliphatic rings. The van der Waals surface area contributed by atoms with Crippen molar-refractivity contribution in [3.05, 3.63) is 35.9 Å². The second-order valence-corrected chi connectivity index (χ2v) is 6.09. The van der Waals surface area contributed by atoms with Crippen LogP contribution in [0.25, 0.3) is 0 Å². The van der Waals surface area contributed by atoms with Crippen molar-refractivity contribution < 1.29 is 12.6 Å². The number of nitrogens with zero attached hydrogens (tertiary/aromatic N) is 1. The molecular weight excluding hydrogens is 262 g/mol. The van der Waals surface area contributed by atoms with Gasteiger partial charge in [-0.3, -0.25) is 9.08 Å². The monoisotopic (exact) mass is 281 g/mol. The van der Waals surface area contributed by atoms with Gasteiger partial charge in [0, 0.05) is 6.04 Å². The maximum absolute atomic E-state index is 11.4. The molecule has 0 spiro atoms. The van der Waals surface area contributed by atoms with Crippen molar-refractivity contribution in [2.24, 2.45) is 0 Å². The van der Waals surface area contributed by atoms with Crippen LogP contribution in [0.5, 0.6) is 0 Å². The van der Waals surface area contributed by atoms with E-state index in [1.165, 1.54) is 0 Å². The van der Waals surface area contributed by atoms with Gasteiger partial charge in [-0.2, -0.15) is 8.42 Å². The summed E-state index contributed by atoms with van der Waals surface area (Å²) in [7, 11) is -1.70. The highest BCUT2D eigenvalue weighted by atomic mass is 32.2. The zero-order valence-corrected chi connectivity index (χ0v) is 12.2. The molecule has 0 saturated heterocycles. The number of terminal acetylenes is 1. The Bertz CT molecular complexity index is 534. The van der Waals surface area contributed by atoms with Crippen LogP contribution < -0.4 is 0 Å². The van der Waals surface area contributed by atoms with Crippen molar-refractivity contribution in [3.8, 4) is 12.3 Å². The molecule has 4 nitrogen and oxygen atoms in total. The summed E-state index contributed by atoms with van der Waals surface area (Å²) in [5, 5.41) is 0. The highest BCUT2D eigenvalue weighted by molar-refractivity contribution is 7.86. The van der Waals surface area contributed by atoms with Gasteiger partial charge in [-0.25, -0.2) is 0 Å². The smallest absolute Gasteiger partial charge is 0.265 e. The Morgan fingerprint density at radius 2 is 1.95 bits per heavy atom. The fraction of sp³-hybridized carbons (Fsp3) is 0.429. The molecule has 2 atom stereocenters. The van der Waals surface area contributed by atoms with Crippen molar-refractivity contribution in [1.82, 2.24) is 4.90 Å². The fourth-order valence-electron chi connectivity index (χ4n) is 1.76. The van der Waals surface area contributed by atoms with Crippen LogP contribution in [0, 0.1) is 12.3 Å². The number of likely N-dealkylation sites (N-methyl/N-ethyl adjacent to an activating group) is 1. The lowest BCUT2D eigenvalue weighted by Gasteiger charge is -2.30. The summed E-state index contributed by atoms with van der Waals surface area (Å²) in [4.78, 5) is 1.88. The molecule has 1 aromatic carbocycles. The van der Waals surface area contributed by atoms with E-state index in [1.54, 1.807) is 0 Å². The highest BCUT2D eigenvalue weighted by Gasteiger charge is 2.26. The van der Waals surface area contributed by atoms with Gasteiger partial charge in [0.25, 0.3) is 10.1 Å². The Morgan fingerprint density at radius 3 is 2.42 bits per heavy atom. The number of rotatable bonds is 6. The van der Waals surface area contributed by atoms with Gasteiger partial charge in [0.15, 0.2) is 0 Å². The van der Waals surface area contributed by atoms with E-state index in [1.807, 2.05) is 49.2 Å². The molecule has 0 bridgehead atoms. The first kappa shape index (κ1) is 15.7. The first-order valence-electron chi connectivity index (χ1n) is 5.92. The zero-order valence-electron chi connectivity index (χ0n) is 11.4. The van der Waals surface area contributed by atoms with E-state index >= 15 is 0 Å². The maximum atomic E-state index is 11.4. The minimum atomic E-state index is -3.54. The fourth-order valence-corrected chi connectivity index (χ4v) is 2.41. The quantitative estimate of drug-likeness (QED) is 0.587. The average Bonchev–Trinajstić information content (AvgIpc) is 2.35. The lowest BCUT2D eigenvalue weighted by Crippen LogP contribution is -2.36. The summed E-state index contributed by atoms with van der Waals surface area (Å²) in [5.74, 6) is 2.54. The van der Waals surface area contributed by atoms with Gasteiger partial charge in [-0.05, 0) is 19.5 Å². The molecule has 0 saturated carbocycles. The molecule has 2 unspecified atom stereocenters. The molecule has 5 heteroatoms. The molecule has 19 heavy (non-hydrogen) atoms. The van der Waals surface area contributed by atoms with Crippen LogP contribution in [0.2, 0.25) is 0 Å². The summed E-state index contributed by atoms with van der Waals surface area (Å²) in [5.41, 5.74) is 0.810. The summed E-state index contributed by atoms with van der Waals surface area (Å²) >= 11 is 0. The molecule has 104 valence electrons. The Morgan fingerprint density at radius 1 is 1.37 bits per heavy atom. The summed E-state index contributed by atoms with van der Waals surface area (Å²) in [6.45, 7) is 2.32.